The van der Waals surface area contributed by atoms with Gasteiger partial charge in [0.05, 0.1) is 0 Å². The Morgan fingerprint density at radius 2 is 1.92 bits per heavy atom. The normalized spacial score (nSPS) is 10.9. The summed E-state index contributed by atoms with van der Waals surface area (Å²) in [5.74, 6) is -2.04. The molecule has 0 aliphatic carbocycles. The molecule has 3 rings (SSSR count). The van der Waals surface area contributed by atoms with E-state index < -0.39 is 12.1 Å². The maximum atomic E-state index is 10.6. The lowest BCUT2D eigenvalue weighted by molar-refractivity contribution is -0.192. The highest BCUT2D eigenvalue weighted by Crippen LogP contribution is 2.13. The molecule has 12 heteroatoms. The lowest BCUT2D eigenvalue weighted by Crippen LogP contribution is -2.21. The van der Waals surface area contributed by atoms with Crippen LogP contribution in [-0.2, 0) is 11.3 Å². The third-order valence-corrected chi connectivity index (χ3v) is 3.45. The molecule has 0 aliphatic rings. The van der Waals surface area contributed by atoms with Crippen LogP contribution in [0.4, 0.5) is 19.1 Å². The molecule has 0 spiro atoms. The number of aliphatic carboxylic acids is 1. The van der Waals surface area contributed by atoms with E-state index in [1.807, 2.05) is 47.4 Å². The third-order valence-electron chi connectivity index (χ3n) is 2.87. The Hall–Kier alpha value is -2.89. The van der Waals surface area contributed by atoms with E-state index in [2.05, 4.69) is 25.5 Å². The predicted molar refractivity (Wildman–Crippen MR) is 87.8 cm³/mol. The van der Waals surface area contributed by atoms with Crippen LogP contribution in [0.5, 0.6) is 0 Å². The Morgan fingerprint density at radius 3 is 2.50 bits per heavy atom. The van der Waals surface area contributed by atoms with Crippen LogP contribution in [0.15, 0.2) is 41.9 Å². The van der Waals surface area contributed by atoms with Crippen LogP contribution in [0, 0.1) is 0 Å². The minimum absolute atomic E-state index is 0.615. The molecule has 8 nitrogen and oxygen atoms in total. The average Bonchev–Trinajstić information content (AvgIpc) is 3.03. The number of thioether (sulfide) groups is 1. The minimum Gasteiger partial charge on any atom is -0.475 e. The Kier molecular flexibility index (Phi) is 6.33. The van der Waals surface area contributed by atoms with Gasteiger partial charge in [0.15, 0.2) is 10.8 Å². The van der Waals surface area contributed by atoms with E-state index in [-0.39, 0.29) is 0 Å². The first-order valence-corrected chi connectivity index (χ1v) is 8.22. The maximum Gasteiger partial charge on any atom is 0.490 e. The number of nitrogens with zero attached hydrogens (tertiary/aromatic N) is 5. The number of pyridine rings is 1. The number of alkyl halides is 3. The zero-order valence-electron chi connectivity index (χ0n) is 13.3. The molecular formula is C14H13F3N6O2S. The molecule has 2 N–H and O–H groups in total. The Balaban J connectivity index is 0.000000298. The minimum atomic E-state index is -5.08. The van der Waals surface area contributed by atoms with E-state index in [4.69, 9.17) is 9.90 Å². The third kappa shape index (κ3) is 5.31. The van der Waals surface area contributed by atoms with Gasteiger partial charge in [-0.15, -0.1) is 10.2 Å². The lowest BCUT2D eigenvalue weighted by Gasteiger charge is -2.04. The molecule has 3 aromatic rings. The number of fused-ring (bicyclic) bond motifs is 1. The summed E-state index contributed by atoms with van der Waals surface area (Å²) in [5, 5.41) is 19.3. The van der Waals surface area contributed by atoms with Gasteiger partial charge in [0.1, 0.15) is 0 Å². The van der Waals surface area contributed by atoms with Crippen molar-refractivity contribution in [3.05, 3.63) is 42.4 Å². The number of hydrogen-bond acceptors (Lipinski definition) is 7. The van der Waals surface area contributed by atoms with E-state index in [0.29, 0.717) is 12.5 Å². The predicted octanol–water partition coefficient (Wildman–Crippen LogP) is 2.49. The molecule has 0 radical (unpaired) electrons. The van der Waals surface area contributed by atoms with E-state index >= 15 is 0 Å². The van der Waals surface area contributed by atoms with Crippen LogP contribution in [0.3, 0.4) is 0 Å². The molecule has 26 heavy (non-hydrogen) atoms. The fraction of sp³-hybridized carbons (Fsp3) is 0.214. The molecule has 0 aromatic carbocycles. The van der Waals surface area contributed by atoms with Crippen molar-refractivity contribution in [3.8, 4) is 0 Å². The second kappa shape index (κ2) is 8.47. The first-order valence-electron chi connectivity index (χ1n) is 7.00. The molecule has 0 saturated heterocycles. The van der Waals surface area contributed by atoms with Gasteiger partial charge in [-0.2, -0.15) is 13.2 Å². The summed E-state index contributed by atoms with van der Waals surface area (Å²) in [6.45, 7) is 0.615. The molecule has 3 heterocycles. The Bertz CT molecular complexity index is 869. The fourth-order valence-corrected chi connectivity index (χ4v) is 2.00. The maximum absolute atomic E-state index is 10.6. The summed E-state index contributed by atoms with van der Waals surface area (Å²) in [6, 6.07) is 5.79. The fourth-order valence-electron chi connectivity index (χ4n) is 1.68. The number of rotatable bonds is 4. The zero-order valence-corrected chi connectivity index (χ0v) is 14.1. The van der Waals surface area contributed by atoms with Gasteiger partial charge >= 0.3 is 12.1 Å². The number of nitrogens with one attached hydrogen (secondary N) is 1. The van der Waals surface area contributed by atoms with Crippen LogP contribution in [0.25, 0.3) is 5.65 Å². The summed E-state index contributed by atoms with van der Waals surface area (Å²) in [4.78, 5) is 17.4. The number of aromatic nitrogens is 5. The quantitative estimate of drug-likeness (QED) is 0.520. The molecule has 138 valence electrons. The highest BCUT2D eigenvalue weighted by atomic mass is 32.2. The van der Waals surface area contributed by atoms with Gasteiger partial charge in [-0.3, -0.25) is 4.40 Å². The second-order valence-electron chi connectivity index (χ2n) is 4.69. The van der Waals surface area contributed by atoms with Crippen molar-refractivity contribution >= 4 is 29.3 Å². The van der Waals surface area contributed by atoms with Crippen molar-refractivity contribution < 1.29 is 23.1 Å². The standard InChI is InChI=1S/C12H12N6S.C2HF3O2/c1-19-12-14-7-9(8-15-12)6-13-11-17-16-10-4-2-3-5-18(10)11;3-2(4,5)1(6)7/h2-5,7-8H,6H2,1H3,(H,13,17);(H,6,7). The van der Waals surface area contributed by atoms with E-state index in [1.54, 1.807) is 0 Å². The monoisotopic (exact) mass is 386 g/mol. The number of carbonyl (C=O) groups is 1. The van der Waals surface area contributed by atoms with E-state index in [0.717, 1.165) is 16.4 Å². The van der Waals surface area contributed by atoms with Gasteiger partial charge in [-0.05, 0) is 18.4 Å². The van der Waals surface area contributed by atoms with Gasteiger partial charge in [-0.1, -0.05) is 17.8 Å². The van der Waals surface area contributed by atoms with Crippen LogP contribution in [0.2, 0.25) is 0 Å². The number of halogens is 3. The molecule has 3 aromatic heterocycles. The molecule has 0 saturated carbocycles. The van der Waals surface area contributed by atoms with Gasteiger partial charge in [0.25, 0.3) is 0 Å². The number of carboxylic acid groups (broad SMARTS) is 1. The summed E-state index contributed by atoms with van der Waals surface area (Å²) >= 11 is 1.53. The Labute approximate surface area is 149 Å². The first kappa shape index (κ1) is 19.4. The first-order chi connectivity index (χ1) is 12.3. The highest BCUT2D eigenvalue weighted by Gasteiger charge is 2.38. The summed E-state index contributed by atoms with van der Waals surface area (Å²) < 4.78 is 33.6. The van der Waals surface area contributed by atoms with Crippen molar-refractivity contribution in [1.82, 2.24) is 24.6 Å². The molecule has 0 bridgehead atoms. The largest absolute Gasteiger partial charge is 0.490 e. The van der Waals surface area contributed by atoms with Gasteiger partial charge in [0.2, 0.25) is 5.95 Å². The van der Waals surface area contributed by atoms with Crippen molar-refractivity contribution in [3.63, 3.8) is 0 Å². The van der Waals surface area contributed by atoms with Crippen molar-refractivity contribution in [2.24, 2.45) is 0 Å². The molecule has 0 fully saturated rings. The highest BCUT2D eigenvalue weighted by molar-refractivity contribution is 7.98. The van der Waals surface area contributed by atoms with Crippen LogP contribution in [0.1, 0.15) is 5.56 Å². The molecule has 0 unspecified atom stereocenters. The SMILES string of the molecule is CSc1ncc(CNc2nnc3ccccn23)cn1.O=C(O)C(F)(F)F. The van der Waals surface area contributed by atoms with Gasteiger partial charge < -0.3 is 10.4 Å². The van der Waals surface area contributed by atoms with Crippen LogP contribution in [-0.4, -0.2) is 48.1 Å². The Morgan fingerprint density at radius 1 is 1.27 bits per heavy atom. The lowest BCUT2D eigenvalue weighted by atomic mass is 10.3. The zero-order chi connectivity index (χ0) is 19.2. The van der Waals surface area contributed by atoms with E-state index in [9.17, 15) is 13.2 Å². The summed E-state index contributed by atoms with van der Waals surface area (Å²) in [6.07, 6.45) is 2.42. The summed E-state index contributed by atoms with van der Waals surface area (Å²) in [5.41, 5.74) is 1.82. The van der Waals surface area contributed by atoms with Crippen molar-refractivity contribution in [2.45, 2.75) is 17.9 Å². The van der Waals surface area contributed by atoms with Crippen LogP contribution >= 0.6 is 11.8 Å². The molecular weight excluding hydrogens is 373 g/mol. The van der Waals surface area contributed by atoms with Crippen molar-refractivity contribution in [1.29, 1.82) is 0 Å². The second-order valence-corrected chi connectivity index (χ2v) is 5.46. The molecule has 0 atom stereocenters. The number of hydrogen-bond donors (Lipinski definition) is 2. The van der Waals surface area contributed by atoms with Gasteiger partial charge in [0, 0.05) is 30.7 Å². The van der Waals surface area contributed by atoms with Gasteiger partial charge in [-0.25, -0.2) is 14.8 Å². The smallest absolute Gasteiger partial charge is 0.475 e. The summed E-state index contributed by atoms with van der Waals surface area (Å²) in [7, 11) is 0. The van der Waals surface area contributed by atoms with Crippen molar-refractivity contribution in [2.75, 3.05) is 11.6 Å². The van der Waals surface area contributed by atoms with Crippen LogP contribution < -0.4 is 5.32 Å². The number of carboxylic acids is 1. The average molecular weight is 386 g/mol. The molecule has 0 aliphatic heterocycles. The van der Waals surface area contributed by atoms with E-state index in [1.165, 1.54) is 11.8 Å². The topological polar surface area (TPSA) is 105 Å². The molecule has 0 amide bonds. The number of anilines is 1.